The molecule has 3 aromatic rings. The monoisotopic (exact) mass is 576 g/mol. The lowest BCUT2D eigenvalue weighted by molar-refractivity contribution is 0.240. The number of pyridine rings is 1. The van der Waals surface area contributed by atoms with E-state index in [-0.39, 0.29) is 6.03 Å². The number of H-pyrrole nitrogens is 1. The van der Waals surface area contributed by atoms with Crippen molar-refractivity contribution < 1.29 is 4.79 Å². The SMILES string of the molecule is C#C/C=C(\C=C/CN(C)C)c1nc2ncc(Br)c(N3CCN(CCNC(=O)Nc4ccccc4)CC3)c2[nH]1. The van der Waals surface area contributed by atoms with E-state index in [1.807, 2.05) is 50.5 Å². The molecule has 1 aromatic carbocycles. The highest BCUT2D eigenvalue weighted by Gasteiger charge is 2.23. The van der Waals surface area contributed by atoms with E-state index in [0.29, 0.717) is 18.0 Å². The molecule has 2 aromatic heterocycles. The summed E-state index contributed by atoms with van der Waals surface area (Å²) in [6.07, 6.45) is 13.1. The maximum atomic E-state index is 12.1. The number of carbonyl (C=O) groups excluding carboxylic acids is 1. The van der Waals surface area contributed by atoms with Gasteiger partial charge in [-0.15, -0.1) is 6.42 Å². The number of rotatable bonds is 9. The average molecular weight is 578 g/mol. The highest BCUT2D eigenvalue weighted by molar-refractivity contribution is 9.10. The van der Waals surface area contributed by atoms with Gasteiger partial charge in [0.2, 0.25) is 0 Å². The number of piperazine rings is 1. The molecule has 198 valence electrons. The van der Waals surface area contributed by atoms with Gasteiger partial charge in [0.05, 0.1) is 10.2 Å². The number of benzene rings is 1. The predicted molar refractivity (Wildman–Crippen MR) is 158 cm³/mol. The second-order valence-electron chi connectivity index (χ2n) is 9.25. The molecular formula is C28H33BrN8O. The van der Waals surface area contributed by atoms with Gasteiger partial charge < -0.3 is 25.4 Å². The second-order valence-corrected chi connectivity index (χ2v) is 10.1. The van der Waals surface area contributed by atoms with Gasteiger partial charge in [-0.05, 0) is 48.2 Å². The summed E-state index contributed by atoms with van der Waals surface area (Å²) in [5.74, 6) is 3.31. The smallest absolute Gasteiger partial charge is 0.319 e. The molecule has 1 fully saturated rings. The molecule has 0 spiro atoms. The molecule has 0 unspecified atom stereocenters. The number of nitrogens with one attached hydrogen (secondary N) is 3. The molecule has 0 saturated carbocycles. The number of anilines is 2. The van der Waals surface area contributed by atoms with Crippen LogP contribution in [-0.4, -0.2) is 90.7 Å². The number of urea groups is 1. The lowest BCUT2D eigenvalue weighted by Gasteiger charge is -2.36. The molecule has 3 heterocycles. The number of aromatic nitrogens is 3. The molecule has 2 amide bonds. The summed E-state index contributed by atoms with van der Waals surface area (Å²) in [4.78, 5) is 31.6. The summed E-state index contributed by atoms with van der Waals surface area (Å²) in [5, 5.41) is 5.78. The number of para-hydroxylation sites is 1. The fraction of sp³-hybridized carbons (Fsp3) is 0.321. The molecule has 0 radical (unpaired) electrons. The Hall–Kier alpha value is -3.65. The van der Waals surface area contributed by atoms with Crippen molar-refractivity contribution >= 4 is 50.1 Å². The van der Waals surface area contributed by atoms with Crippen LogP contribution in [0.4, 0.5) is 16.2 Å². The Kier molecular flexibility index (Phi) is 9.54. The number of halogens is 1. The molecule has 0 atom stereocenters. The van der Waals surface area contributed by atoms with E-state index in [9.17, 15) is 4.79 Å². The number of nitrogens with zero attached hydrogens (tertiary/aromatic N) is 5. The van der Waals surface area contributed by atoms with Gasteiger partial charge in [0.15, 0.2) is 5.65 Å². The van der Waals surface area contributed by atoms with Gasteiger partial charge in [-0.25, -0.2) is 14.8 Å². The predicted octanol–water partition coefficient (Wildman–Crippen LogP) is 3.80. The van der Waals surface area contributed by atoms with Crippen molar-refractivity contribution in [2.45, 2.75) is 0 Å². The summed E-state index contributed by atoms with van der Waals surface area (Å²) in [6.45, 7) is 5.63. The summed E-state index contributed by atoms with van der Waals surface area (Å²) in [5.41, 5.74) is 4.19. The van der Waals surface area contributed by atoms with Crippen molar-refractivity contribution in [3.8, 4) is 12.3 Å². The van der Waals surface area contributed by atoms with Crippen LogP contribution in [-0.2, 0) is 0 Å². The maximum absolute atomic E-state index is 12.1. The highest BCUT2D eigenvalue weighted by atomic mass is 79.9. The normalized spacial score (nSPS) is 14.8. The van der Waals surface area contributed by atoms with Crippen molar-refractivity contribution in [2.75, 3.05) is 70.1 Å². The largest absolute Gasteiger partial charge is 0.366 e. The standard InChI is InChI=1S/C28H33BrN8O/c1-4-9-21(10-8-14-35(2)3)26-33-24-25(23(29)20-31-27(24)34-26)37-18-16-36(17-19-37)15-13-30-28(38)32-22-11-6-5-7-12-22/h1,5-12,20H,13-19H2,2-3H3,(H2,30,32,38)(H,31,33,34)/b10-8-,21-9+. The van der Waals surface area contributed by atoms with Crippen molar-refractivity contribution in [1.29, 1.82) is 0 Å². The summed E-state index contributed by atoms with van der Waals surface area (Å²) >= 11 is 3.70. The highest BCUT2D eigenvalue weighted by Crippen LogP contribution is 2.33. The van der Waals surface area contributed by atoms with Crippen LogP contribution in [0.1, 0.15) is 5.82 Å². The van der Waals surface area contributed by atoms with Crippen molar-refractivity contribution in [2.24, 2.45) is 0 Å². The van der Waals surface area contributed by atoms with Gasteiger partial charge in [-0.2, -0.15) is 0 Å². The van der Waals surface area contributed by atoms with Gasteiger partial charge in [0, 0.05) is 63.3 Å². The second kappa shape index (κ2) is 13.2. The van der Waals surface area contributed by atoms with Crippen LogP contribution >= 0.6 is 15.9 Å². The molecule has 9 nitrogen and oxygen atoms in total. The minimum absolute atomic E-state index is 0.192. The number of hydrogen-bond acceptors (Lipinski definition) is 6. The first kappa shape index (κ1) is 27.4. The van der Waals surface area contributed by atoms with E-state index >= 15 is 0 Å². The Morgan fingerprint density at radius 1 is 1.24 bits per heavy atom. The van der Waals surface area contributed by atoms with Crippen molar-refractivity contribution in [3.05, 3.63) is 65.1 Å². The number of fused-ring (bicyclic) bond motifs is 1. The Bertz CT molecular complexity index is 1330. The Morgan fingerprint density at radius 2 is 2.00 bits per heavy atom. The minimum atomic E-state index is -0.192. The molecule has 3 N–H and O–H groups in total. The Morgan fingerprint density at radius 3 is 2.71 bits per heavy atom. The molecule has 0 aliphatic carbocycles. The van der Waals surface area contributed by atoms with Crippen LogP contribution in [0, 0.1) is 12.3 Å². The number of allylic oxidation sites excluding steroid dienone is 3. The number of imidazole rings is 1. The number of carbonyl (C=O) groups is 1. The van der Waals surface area contributed by atoms with Gasteiger partial charge >= 0.3 is 6.03 Å². The minimum Gasteiger partial charge on any atom is -0.366 e. The zero-order valence-corrected chi connectivity index (χ0v) is 23.3. The zero-order chi connectivity index (χ0) is 26.9. The van der Waals surface area contributed by atoms with Crippen LogP contribution in [0.3, 0.4) is 0 Å². The molecule has 0 bridgehead atoms. The number of hydrogen-bond donors (Lipinski definition) is 3. The van der Waals surface area contributed by atoms with E-state index < -0.39 is 0 Å². The lowest BCUT2D eigenvalue weighted by Crippen LogP contribution is -2.48. The summed E-state index contributed by atoms with van der Waals surface area (Å²) in [6, 6.07) is 9.24. The van der Waals surface area contributed by atoms with Crippen LogP contribution in [0.25, 0.3) is 16.7 Å². The number of aromatic amines is 1. The van der Waals surface area contributed by atoms with Crippen LogP contribution in [0.2, 0.25) is 0 Å². The van der Waals surface area contributed by atoms with Crippen LogP contribution < -0.4 is 15.5 Å². The van der Waals surface area contributed by atoms with Gasteiger partial charge in [0.25, 0.3) is 0 Å². The average Bonchev–Trinajstić information content (AvgIpc) is 3.33. The van der Waals surface area contributed by atoms with E-state index in [0.717, 1.165) is 66.2 Å². The first-order valence-electron chi connectivity index (χ1n) is 12.5. The molecule has 1 saturated heterocycles. The van der Waals surface area contributed by atoms with Gasteiger partial charge in [0.1, 0.15) is 11.3 Å². The number of likely N-dealkylation sites (N-methyl/N-ethyl adjacent to an activating group) is 1. The molecule has 1 aliphatic heterocycles. The molecular weight excluding hydrogens is 544 g/mol. The number of terminal acetylenes is 1. The Balaban J connectivity index is 1.37. The van der Waals surface area contributed by atoms with Crippen molar-refractivity contribution in [1.82, 2.24) is 30.1 Å². The number of amides is 2. The molecule has 38 heavy (non-hydrogen) atoms. The fourth-order valence-corrected chi connectivity index (χ4v) is 4.81. The maximum Gasteiger partial charge on any atom is 0.319 e. The first-order chi connectivity index (χ1) is 18.4. The Labute approximate surface area is 232 Å². The van der Waals surface area contributed by atoms with Crippen LogP contribution in [0.15, 0.2) is 59.2 Å². The molecule has 10 heteroatoms. The van der Waals surface area contributed by atoms with Gasteiger partial charge in [-0.1, -0.05) is 36.3 Å². The van der Waals surface area contributed by atoms with E-state index in [4.69, 9.17) is 11.4 Å². The topological polar surface area (TPSA) is 92.4 Å². The van der Waals surface area contributed by atoms with Crippen LogP contribution in [0.5, 0.6) is 0 Å². The van der Waals surface area contributed by atoms with Gasteiger partial charge in [-0.3, -0.25) is 4.90 Å². The third-order valence-corrected chi connectivity index (χ3v) is 6.74. The van der Waals surface area contributed by atoms with E-state index in [1.165, 1.54) is 0 Å². The lowest BCUT2D eigenvalue weighted by atomic mass is 10.2. The summed E-state index contributed by atoms with van der Waals surface area (Å²) in [7, 11) is 4.03. The summed E-state index contributed by atoms with van der Waals surface area (Å²) < 4.78 is 0.915. The van der Waals surface area contributed by atoms with E-state index in [2.05, 4.69) is 63.2 Å². The van der Waals surface area contributed by atoms with E-state index in [1.54, 1.807) is 12.3 Å². The fourth-order valence-electron chi connectivity index (χ4n) is 4.26. The molecule has 4 rings (SSSR count). The third-order valence-electron chi connectivity index (χ3n) is 6.16. The first-order valence-corrected chi connectivity index (χ1v) is 13.3. The molecule has 1 aliphatic rings. The third kappa shape index (κ3) is 7.22. The van der Waals surface area contributed by atoms with Crippen molar-refractivity contribution in [3.63, 3.8) is 0 Å². The zero-order valence-electron chi connectivity index (χ0n) is 21.7. The quantitative estimate of drug-likeness (QED) is 0.265.